The Balaban J connectivity index is 1.66. The molecule has 1 fully saturated rings. The van der Waals surface area contributed by atoms with Gasteiger partial charge in [0, 0.05) is 30.6 Å². The van der Waals surface area contributed by atoms with E-state index < -0.39 is 9.84 Å². The van der Waals surface area contributed by atoms with Crippen molar-refractivity contribution in [2.75, 3.05) is 18.8 Å². The fourth-order valence-corrected chi connectivity index (χ4v) is 3.91. The lowest BCUT2D eigenvalue weighted by Gasteiger charge is -2.38. The summed E-state index contributed by atoms with van der Waals surface area (Å²) in [5, 5.41) is 0.716. The maximum absolute atomic E-state index is 12.2. The van der Waals surface area contributed by atoms with Crippen LogP contribution in [0.25, 0.3) is 10.9 Å². The predicted molar refractivity (Wildman–Crippen MR) is 81.8 cm³/mol. The number of amides is 1. The Labute approximate surface area is 124 Å². The zero-order valence-electron chi connectivity index (χ0n) is 11.9. The van der Waals surface area contributed by atoms with Gasteiger partial charge in [0.15, 0.2) is 9.84 Å². The average Bonchev–Trinajstić information content (AvgIpc) is 2.80. The second-order valence-corrected chi connectivity index (χ2v) is 7.94. The predicted octanol–water partition coefficient (Wildman–Crippen LogP) is 1.29. The van der Waals surface area contributed by atoms with Gasteiger partial charge in [-0.25, -0.2) is 8.42 Å². The van der Waals surface area contributed by atoms with E-state index in [0.717, 1.165) is 10.9 Å². The zero-order valence-corrected chi connectivity index (χ0v) is 12.7. The number of hydrogen-bond acceptors (Lipinski definition) is 3. The van der Waals surface area contributed by atoms with Crippen molar-refractivity contribution in [3.63, 3.8) is 0 Å². The third kappa shape index (κ3) is 2.55. The minimum absolute atomic E-state index is 0.0288. The molecule has 3 rings (SSSR count). The Morgan fingerprint density at radius 1 is 1.24 bits per heavy atom. The zero-order chi connectivity index (χ0) is 15.0. The molecule has 0 spiro atoms. The van der Waals surface area contributed by atoms with E-state index in [1.807, 2.05) is 41.1 Å². The van der Waals surface area contributed by atoms with Gasteiger partial charge >= 0.3 is 0 Å². The van der Waals surface area contributed by atoms with Gasteiger partial charge in [-0.3, -0.25) is 4.79 Å². The molecule has 0 N–H and O–H groups in total. The highest BCUT2D eigenvalue weighted by atomic mass is 32.2. The summed E-state index contributed by atoms with van der Waals surface area (Å²) in [5.74, 6) is 0.112. The summed E-state index contributed by atoms with van der Waals surface area (Å²) in [5.41, 5.74) is 1.02. The minimum atomic E-state index is -3.03. The van der Waals surface area contributed by atoms with Gasteiger partial charge in [-0.2, -0.15) is 0 Å². The first-order valence-corrected chi connectivity index (χ1v) is 8.76. The number of para-hydroxylation sites is 1. The maximum Gasteiger partial charge on any atom is 0.242 e. The lowest BCUT2D eigenvalue weighted by atomic mass is 10.2. The molecule has 0 saturated carbocycles. The van der Waals surface area contributed by atoms with E-state index >= 15 is 0 Å². The Morgan fingerprint density at radius 2 is 1.95 bits per heavy atom. The summed E-state index contributed by atoms with van der Waals surface area (Å²) >= 11 is 0. The molecule has 1 aromatic heterocycles. The summed E-state index contributed by atoms with van der Waals surface area (Å²) in [6.45, 7) is 2.56. The quantitative estimate of drug-likeness (QED) is 0.855. The van der Waals surface area contributed by atoms with Crippen molar-refractivity contribution >= 4 is 26.6 Å². The molecule has 1 aromatic carbocycles. The highest BCUT2D eigenvalue weighted by molar-refractivity contribution is 7.92. The molecular formula is C15H18N2O3S. The molecule has 0 radical (unpaired) electrons. The molecule has 112 valence electrons. The molecule has 2 aromatic rings. The standard InChI is InChI=1S/C15H18N2O3S/c1-2-21(19,20)13-9-17(10-13)15(18)11-16-8-7-12-5-3-4-6-14(12)16/h3-8,13H,2,9-11H2,1H3. The third-order valence-corrected chi connectivity index (χ3v) is 6.22. The number of nitrogens with zero attached hydrogens (tertiary/aromatic N) is 2. The van der Waals surface area contributed by atoms with Gasteiger partial charge in [0.2, 0.25) is 5.91 Å². The summed E-state index contributed by atoms with van der Waals surface area (Å²) in [6, 6.07) is 9.86. The van der Waals surface area contributed by atoms with Gasteiger partial charge in [0.1, 0.15) is 6.54 Å². The fourth-order valence-electron chi connectivity index (χ4n) is 2.63. The van der Waals surface area contributed by atoms with Gasteiger partial charge in [-0.1, -0.05) is 25.1 Å². The first kappa shape index (κ1) is 14.1. The van der Waals surface area contributed by atoms with Crippen molar-refractivity contribution in [2.24, 2.45) is 0 Å². The van der Waals surface area contributed by atoms with E-state index in [1.165, 1.54) is 0 Å². The van der Waals surface area contributed by atoms with Crippen LogP contribution in [0, 0.1) is 0 Å². The van der Waals surface area contributed by atoms with Crippen molar-refractivity contribution in [1.29, 1.82) is 0 Å². The van der Waals surface area contributed by atoms with Crippen LogP contribution in [0.4, 0.5) is 0 Å². The number of rotatable bonds is 4. The molecule has 0 atom stereocenters. The van der Waals surface area contributed by atoms with Crippen LogP contribution in [0.3, 0.4) is 0 Å². The fraction of sp³-hybridized carbons (Fsp3) is 0.400. The minimum Gasteiger partial charge on any atom is -0.338 e. The number of carbonyl (C=O) groups excluding carboxylic acids is 1. The van der Waals surface area contributed by atoms with Gasteiger partial charge in [0.05, 0.1) is 5.25 Å². The van der Waals surface area contributed by atoms with E-state index in [-0.39, 0.29) is 23.5 Å². The lowest BCUT2D eigenvalue weighted by molar-refractivity contribution is -0.134. The monoisotopic (exact) mass is 306 g/mol. The van der Waals surface area contributed by atoms with Crippen molar-refractivity contribution in [3.8, 4) is 0 Å². The number of aromatic nitrogens is 1. The van der Waals surface area contributed by atoms with Crippen LogP contribution in [-0.2, 0) is 21.2 Å². The van der Waals surface area contributed by atoms with Crippen LogP contribution in [0.5, 0.6) is 0 Å². The van der Waals surface area contributed by atoms with Crippen LogP contribution in [0.1, 0.15) is 6.92 Å². The number of carbonyl (C=O) groups is 1. The smallest absolute Gasteiger partial charge is 0.242 e. The van der Waals surface area contributed by atoms with Crippen molar-refractivity contribution < 1.29 is 13.2 Å². The van der Waals surface area contributed by atoms with E-state index in [1.54, 1.807) is 11.8 Å². The molecular weight excluding hydrogens is 288 g/mol. The summed E-state index contributed by atoms with van der Waals surface area (Å²) in [6.07, 6.45) is 1.89. The van der Waals surface area contributed by atoms with E-state index in [2.05, 4.69) is 0 Å². The SMILES string of the molecule is CCS(=O)(=O)C1CN(C(=O)Cn2ccc3ccccc32)C1. The first-order valence-electron chi connectivity index (χ1n) is 7.04. The summed E-state index contributed by atoms with van der Waals surface area (Å²) < 4.78 is 25.3. The molecule has 1 saturated heterocycles. The molecule has 0 unspecified atom stereocenters. The normalized spacial score (nSPS) is 16.1. The molecule has 0 bridgehead atoms. The van der Waals surface area contributed by atoms with E-state index in [0.29, 0.717) is 13.1 Å². The van der Waals surface area contributed by atoms with Crippen LogP contribution in [0.2, 0.25) is 0 Å². The topological polar surface area (TPSA) is 59.4 Å². The second kappa shape index (κ2) is 5.18. The van der Waals surface area contributed by atoms with Crippen LogP contribution in [-0.4, -0.2) is 47.9 Å². The largest absolute Gasteiger partial charge is 0.338 e. The second-order valence-electron chi connectivity index (χ2n) is 5.37. The number of fused-ring (bicyclic) bond motifs is 1. The summed E-state index contributed by atoms with van der Waals surface area (Å²) in [4.78, 5) is 13.8. The molecule has 2 heterocycles. The molecule has 5 nitrogen and oxygen atoms in total. The van der Waals surface area contributed by atoms with E-state index in [4.69, 9.17) is 0 Å². The Hall–Kier alpha value is -1.82. The lowest BCUT2D eigenvalue weighted by Crippen LogP contribution is -2.57. The Bertz CT molecular complexity index is 773. The van der Waals surface area contributed by atoms with Gasteiger partial charge in [0.25, 0.3) is 0 Å². The number of hydrogen-bond donors (Lipinski definition) is 0. The van der Waals surface area contributed by atoms with Crippen molar-refractivity contribution in [1.82, 2.24) is 9.47 Å². The molecule has 6 heteroatoms. The molecule has 0 aliphatic carbocycles. The van der Waals surface area contributed by atoms with Gasteiger partial charge < -0.3 is 9.47 Å². The molecule has 21 heavy (non-hydrogen) atoms. The summed E-state index contributed by atoms with van der Waals surface area (Å²) in [7, 11) is -3.03. The maximum atomic E-state index is 12.2. The van der Waals surface area contributed by atoms with Crippen LogP contribution < -0.4 is 0 Å². The highest BCUT2D eigenvalue weighted by Gasteiger charge is 2.38. The molecule has 1 aliphatic heterocycles. The molecule has 1 aliphatic rings. The first-order chi connectivity index (χ1) is 10.0. The van der Waals surface area contributed by atoms with Gasteiger partial charge in [-0.05, 0) is 17.5 Å². The molecule has 1 amide bonds. The third-order valence-electron chi connectivity index (χ3n) is 4.10. The average molecular weight is 306 g/mol. The van der Waals surface area contributed by atoms with Crippen LogP contribution in [0.15, 0.2) is 36.5 Å². The van der Waals surface area contributed by atoms with Gasteiger partial charge in [-0.15, -0.1) is 0 Å². The number of sulfone groups is 1. The number of benzene rings is 1. The van der Waals surface area contributed by atoms with Crippen LogP contribution >= 0.6 is 0 Å². The van der Waals surface area contributed by atoms with E-state index in [9.17, 15) is 13.2 Å². The Kier molecular flexibility index (Phi) is 3.49. The highest BCUT2D eigenvalue weighted by Crippen LogP contribution is 2.19. The number of likely N-dealkylation sites (tertiary alicyclic amines) is 1. The van der Waals surface area contributed by atoms with Crippen molar-refractivity contribution in [2.45, 2.75) is 18.7 Å². The Morgan fingerprint density at radius 3 is 2.67 bits per heavy atom. The van der Waals surface area contributed by atoms with Crippen molar-refractivity contribution in [3.05, 3.63) is 36.5 Å².